The second-order valence-electron chi connectivity index (χ2n) is 6.09. The first-order valence-electron chi connectivity index (χ1n) is 7.60. The summed E-state index contributed by atoms with van der Waals surface area (Å²) in [5, 5.41) is 3.54. The molecule has 3 atom stereocenters. The molecule has 112 valence electrons. The minimum Gasteiger partial charge on any atom is -0.318 e. The van der Waals surface area contributed by atoms with Crippen molar-refractivity contribution in [3.63, 3.8) is 0 Å². The first kappa shape index (κ1) is 15.5. The molecule has 0 radical (unpaired) electrons. The van der Waals surface area contributed by atoms with Gasteiger partial charge in [0.1, 0.15) is 6.17 Å². The van der Waals surface area contributed by atoms with Gasteiger partial charge in [0.15, 0.2) is 0 Å². The van der Waals surface area contributed by atoms with Gasteiger partial charge in [0.05, 0.1) is 6.04 Å². The number of rotatable bonds is 5. The van der Waals surface area contributed by atoms with Crippen LogP contribution in [0.15, 0.2) is 12.1 Å². The van der Waals surface area contributed by atoms with Crippen molar-refractivity contribution in [2.45, 2.75) is 65.7 Å². The number of thiophene rings is 1. The van der Waals surface area contributed by atoms with Gasteiger partial charge >= 0.3 is 0 Å². The summed E-state index contributed by atoms with van der Waals surface area (Å²) in [6, 6.07) is 4.52. The quantitative estimate of drug-likeness (QED) is 0.898. The largest absolute Gasteiger partial charge is 0.318 e. The minimum atomic E-state index is -0.0198. The van der Waals surface area contributed by atoms with Crippen LogP contribution in [0.25, 0.3) is 0 Å². The van der Waals surface area contributed by atoms with Gasteiger partial charge in [-0.1, -0.05) is 27.2 Å². The molecule has 1 amide bonds. The highest BCUT2D eigenvalue weighted by molar-refractivity contribution is 7.12. The van der Waals surface area contributed by atoms with E-state index < -0.39 is 0 Å². The molecule has 1 aliphatic rings. The van der Waals surface area contributed by atoms with E-state index in [1.165, 1.54) is 9.75 Å². The highest BCUT2D eigenvalue weighted by atomic mass is 32.1. The normalized spacial score (nSPS) is 24.7. The minimum absolute atomic E-state index is 0.0198. The summed E-state index contributed by atoms with van der Waals surface area (Å²) in [6.45, 7) is 10.8. The van der Waals surface area contributed by atoms with Gasteiger partial charge in [-0.3, -0.25) is 10.1 Å². The van der Waals surface area contributed by atoms with Gasteiger partial charge in [-0.05, 0) is 38.3 Å². The molecule has 1 aliphatic heterocycles. The lowest BCUT2D eigenvalue weighted by atomic mass is 10.0. The molecule has 3 nitrogen and oxygen atoms in total. The second kappa shape index (κ2) is 6.27. The van der Waals surface area contributed by atoms with Crippen molar-refractivity contribution in [2.75, 3.05) is 0 Å². The van der Waals surface area contributed by atoms with Crippen LogP contribution in [0.1, 0.15) is 56.5 Å². The van der Waals surface area contributed by atoms with Gasteiger partial charge in [0, 0.05) is 15.8 Å². The fourth-order valence-electron chi connectivity index (χ4n) is 2.72. The van der Waals surface area contributed by atoms with Gasteiger partial charge in [0.2, 0.25) is 5.91 Å². The molecule has 20 heavy (non-hydrogen) atoms. The van der Waals surface area contributed by atoms with E-state index >= 15 is 0 Å². The van der Waals surface area contributed by atoms with E-state index in [9.17, 15) is 4.79 Å². The number of aryl methyl sites for hydroxylation is 1. The summed E-state index contributed by atoms with van der Waals surface area (Å²) in [5.74, 6) is 0.730. The fourth-order valence-corrected chi connectivity index (χ4v) is 3.66. The van der Waals surface area contributed by atoms with E-state index in [2.05, 4.69) is 57.0 Å². The van der Waals surface area contributed by atoms with Crippen LogP contribution in [0.5, 0.6) is 0 Å². The monoisotopic (exact) mass is 294 g/mol. The smallest absolute Gasteiger partial charge is 0.241 e. The zero-order chi connectivity index (χ0) is 14.9. The van der Waals surface area contributed by atoms with Crippen LogP contribution in [0.2, 0.25) is 0 Å². The maximum atomic E-state index is 12.7. The lowest BCUT2D eigenvalue weighted by molar-refractivity contribution is -0.133. The number of amides is 1. The van der Waals surface area contributed by atoms with Crippen molar-refractivity contribution in [2.24, 2.45) is 5.92 Å². The number of carbonyl (C=O) groups is 1. The van der Waals surface area contributed by atoms with E-state index in [0.29, 0.717) is 5.92 Å². The Morgan fingerprint density at radius 3 is 2.55 bits per heavy atom. The summed E-state index contributed by atoms with van der Waals surface area (Å²) in [7, 11) is 0. The molecule has 2 rings (SSSR count). The highest BCUT2D eigenvalue weighted by Gasteiger charge is 2.42. The standard InChI is InChI=1S/C16H26N2OS/c1-6-7-13-16(19)18(12(5)10(2)3)15(17-13)14-9-8-11(4)20-14/h8-10,12-13,15,17H,6-7H2,1-5H3. The summed E-state index contributed by atoms with van der Waals surface area (Å²) >= 11 is 1.78. The van der Waals surface area contributed by atoms with E-state index in [0.717, 1.165) is 12.8 Å². The maximum absolute atomic E-state index is 12.7. The van der Waals surface area contributed by atoms with Crippen LogP contribution in [-0.4, -0.2) is 22.9 Å². The first-order valence-corrected chi connectivity index (χ1v) is 8.41. The van der Waals surface area contributed by atoms with E-state index in [1.54, 1.807) is 11.3 Å². The Kier molecular flexibility index (Phi) is 4.86. The van der Waals surface area contributed by atoms with E-state index in [-0.39, 0.29) is 24.2 Å². The SMILES string of the molecule is CCCC1NC(c2ccc(C)s2)N(C(C)C(C)C)C1=O. The zero-order valence-electron chi connectivity index (χ0n) is 13.1. The first-order chi connectivity index (χ1) is 9.45. The Morgan fingerprint density at radius 2 is 2.05 bits per heavy atom. The third-order valence-corrected chi connectivity index (χ3v) is 5.25. The Hall–Kier alpha value is -0.870. The van der Waals surface area contributed by atoms with Crippen molar-refractivity contribution >= 4 is 17.2 Å². The van der Waals surface area contributed by atoms with Crippen molar-refractivity contribution in [1.29, 1.82) is 0 Å². The molecule has 1 aromatic heterocycles. The molecule has 0 spiro atoms. The molecule has 1 aromatic rings. The van der Waals surface area contributed by atoms with Crippen LogP contribution in [0, 0.1) is 12.8 Å². The molecule has 1 fully saturated rings. The number of hydrogen-bond donors (Lipinski definition) is 1. The summed E-state index contributed by atoms with van der Waals surface area (Å²) in [5.41, 5.74) is 0. The molecule has 0 aromatic carbocycles. The van der Waals surface area contributed by atoms with Crippen LogP contribution in [0.4, 0.5) is 0 Å². The molecule has 0 bridgehead atoms. The van der Waals surface area contributed by atoms with E-state index in [4.69, 9.17) is 0 Å². The van der Waals surface area contributed by atoms with Crippen molar-refractivity contribution in [3.8, 4) is 0 Å². The topological polar surface area (TPSA) is 32.3 Å². The van der Waals surface area contributed by atoms with Crippen LogP contribution in [-0.2, 0) is 4.79 Å². The summed E-state index contributed by atoms with van der Waals surface area (Å²) in [6.07, 6.45) is 2.00. The molecule has 2 heterocycles. The number of nitrogens with one attached hydrogen (secondary N) is 1. The van der Waals surface area contributed by atoms with Gasteiger partial charge in [0.25, 0.3) is 0 Å². The number of hydrogen-bond acceptors (Lipinski definition) is 3. The van der Waals surface area contributed by atoms with Crippen LogP contribution in [0.3, 0.4) is 0 Å². The fraction of sp³-hybridized carbons (Fsp3) is 0.688. The number of nitrogens with zero attached hydrogens (tertiary/aromatic N) is 1. The molecule has 1 N–H and O–H groups in total. The molecule has 3 unspecified atom stereocenters. The Labute approximate surface area is 126 Å². The van der Waals surface area contributed by atoms with Crippen molar-refractivity contribution < 1.29 is 4.79 Å². The van der Waals surface area contributed by atoms with Crippen LogP contribution >= 0.6 is 11.3 Å². The molecule has 4 heteroatoms. The lowest BCUT2D eigenvalue weighted by Crippen LogP contribution is -2.41. The molecular weight excluding hydrogens is 268 g/mol. The maximum Gasteiger partial charge on any atom is 0.241 e. The van der Waals surface area contributed by atoms with Gasteiger partial charge in [-0.25, -0.2) is 0 Å². The Balaban J connectivity index is 2.29. The zero-order valence-corrected chi connectivity index (χ0v) is 14.0. The molecular formula is C16H26N2OS. The average Bonchev–Trinajstić information content (AvgIpc) is 2.94. The summed E-state index contributed by atoms with van der Waals surface area (Å²) in [4.78, 5) is 17.3. The number of carbonyl (C=O) groups excluding carboxylic acids is 1. The highest BCUT2D eigenvalue weighted by Crippen LogP contribution is 2.34. The lowest BCUT2D eigenvalue weighted by Gasteiger charge is -2.32. The Bertz CT molecular complexity index is 469. The Morgan fingerprint density at radius 1 is 1.35 bits per heavy atom. The molecule has 0 aliphatic carbocycles. The second-order valence-corrected chi connectivity index (χ2v) is 7.41. The molecule has 1 saturated heterocycles. The summed E-state index contributed by atoms with van der Waals surface area (Å²) < 4.78 is 0. The van der Waals surface area contributed by atoms with Gasteiger partial charge in [-0.2, -0.15) is 0 Å². The van der Waals surface area contributed by atoms with Crippen molar-refractivity contribution in [3.05, 3.63) is 21.9 Å². The van der Waals surface area contributed by atoms with Gasteiger partial charge < -0.3 is 4.90 Å². The predicted octanol–water partition coefficient (Wildman–Crippen LogP) is 3.70. The third kappa shape index (κ3) is 2.91. The van der Waals surface area contributed by atoms with Crippen LogP contribution < -0.4 is 5.32 Å². The van der Waals surface area contributed by atoms with Crippen molar-refractivity contribution in [1.82, 2.24) is 10.2 Å². The van der Waals surface area contributed by atoms with Gasteiger partial charge in [-0.15, -0.1) is 11.3 Å². The third-order valence-electron chi connectivity index (χ3n) is 4.20. The van der Waals surface area contributed by atoms with E-state index in [1.807, 2.05) is 0 Å². The average molecular weight is 294 g/mol. The predicted molar refractivity (Wildman–Crippen MR) is 84.8 cm³/mol. The molecule has 0 saturated carbocycles.